The Bertz CT molecular complexity index is 1460. The van der Waals surface area contributed by atoms with Crippen molar-refractivity contribution in [1.29, 1.82) is 0 Å². The van der Waals surface area contributed by atoms with Crippen LogP contribution in [0.5, 0.6) is 0 Å². The summed E-state index contributed by atoms with van der Waals surface area (Å²) in [6, 6.07) is 23.0. The van der Waals surface area contributed by atoms with Crippen LogP contribution >= 0.6 is 0 Å². The molecular weight excluding hydrogens is 496 g/mol. The molecule has 5 rings (SSSR count). The number of fused-ring (bicyclic) bond motifs is 1. The first-order valence-electron chi connectivity index (χ1n) is 12.8. The van der Waals surface area contributed by atoms with E-state index in [1.807, 2.05) is 42.5 Å². The highest BCUT2D eigenvalue weighted by Crippen LogP contribution is 2.47. The third-order valence-electron chi connectivity index (χ3n) is 7.23. The van der Waals surface area contributed by atoms with Gasteiger partial charge in [0, 0.05) is 24.1 Å². The zero-order valence-corrected chi connectivity index (χ0v) is 21.4. The van der Waals surface area contributed by atoms with Gasteiger partial charge in [-0.1, -0.05) is 54.6 Å². The lowest BCUT2D eigenvalue weighted by atomic mass is 9.78. The smallest absolute Gasteiger partial charge is 0.337 e. The quantitative estimate of drug-likeness (QED) is 0.424. The Morgan fingerprint density at radius 2 is 1.59 bits per heavy atom. The maximum Gasteiger partial charge on any atom is 0.337 e. The second kappa shape index (κ2) is 10.9. The molecule has 2 atom stereocenters. The van der Waals surface area contributed by atoms with E-state index in [0.29, 0.717) is 34.5 Å². The van der Waals surface area contributed by atoms with E-state index in [1.54, 1.807) is 36.4 Å². The number of ether oxygens (including phenoxy) is 1. The summed E-state index contributed by atoms with van der Waals surface area (Å²) in [6.45, 7) is 0. The van der Waals surface area contributed by atoms with Crippen molar-refractivity contribution in [1.82, 2.24) is 0 Å². The van der Waals surface area contributed by atoms with Gasteiger partial charge in [-0.3, -0.25) is 19.3 Å². The fourth-order valence-corrected chi connectivity index (χ4v) is 5.40. The maximum atomic E-state index is 14.0. The van der Waals surface area contributed by atoms with E-state index < -0.39 is 23.9 Å². The van der Waals surface area contributed by atoms with Crippen molar-refractivity contribution < 1.29 is 29.0 Å². The molecule has 0 radical (unpaired) electrons. The molecule has 0 saturated heterocycles. The van der Waals surface area contributed by atoms with E-state index in [-0.39, 0.29) is 31.0 Å². The lowest BCUT2D eigenvalue weighted by Crippen LogP contribution is -2.38. The number of carboxylic acid groups (broad SMARTS) is 1. The number of amides is 1. The van der Waals surface area contributed by atoms with Gasteiger partial charge in [0.25, 0.3) is 0 Å². The predicted molar refractivity (Wildman–Crippen MR) is 145 cm³/mol. The molecule has 2 N–H and O–H groups in total. The molecule has 8 nitrogen and oxygen atoms in total. The maximum absolute atomic E-state index is 14.0. The Morgan fingerprint density at radius 1 is 0.897 bits per heavy atom. The molecule has 0 aromatic heterocycles. The van der Waals surface area contributed by atoms with Gasteiger partial charge in [0.15, 0.2) is 5.78 Å². The van der Waals surface area contributed by atoms with Crippen LogP contribution in [0.3, 0.4) is 0 Å². The molecule has 0 saturated carbocycles. The molecule has 3 aromatic carbocycles. The van der Waals surface area contributed by atoms with Crippen molar-refractivity contribution in [2.75, 3.05) is 17.3 Å². The summed E-state index contributed by atoms with van der Waals surface area (Å²) in [6.07, 6.45) is 0.265. The van der Waals surface area contributed by atoms with E-state index in [0.717, 1.165) is 11.3 Å². The summed E-state index contributed by atoms with van der Waals surface area (Å²) in [5, 5.41) is 12.7. The minimum Gasteiger partial charge on any atom is -0.481 e. The number of anilines is 2. The minimum atomic E-state index is -1.08. The van der Waals surface area contributed by atoms with Crippen LogP contribution in [0, 0.1) is 0 Å². The molecule has 3 aromatic rings. The fraction of sp³-hybridized carbons (Fsp3) is 0.226. The van der Waals surface area contributed by atoms with E-state index in [2.05, 4.69) is 5.32 Å². The number of nitrogens with one attached hydrogen (secondary N) is 1. The molecule has 0 unspecified atom stereocenters. The molecule has 198 valence electrons. The Labute approximate surface area is 225 Å². The van der Waals surface area contributed by atoms with Crippen molar-refractivity contribution in [2.24, 2.45) is 0 Å². The van der Waals surface area contributed by atoms with Crippen LogP contribution in [-0.4, -0.2) is 35.8 Å². The number of allylic oxidation sites excluding steroid dienone is 1. The monoisotopic (exact) mass is 524 g/mol. The molecule has 0 spiro atoms. The molecule has 1 aliphatic carbocycles. The van der Waals surface area contributed by atoms with E-state index in [9.17, 15) is 24.3 Å². The first kappa shape index (κ1) is 25.9. The van der Waals surface area contributed by atoms with Crippen LogP contribution in [0.4, 0.5) is 11.4 Å². The molecule has 1 heterocycles. The first-order chi connectivity index (χ1) is 18.9. The number of para-hydroxylation sites is 2. The van der Waals surface area contributed by atoms with Crippen LogP contribution < -0.4 is 10.2 Å². The van der Waals surface area contributed by atoms with E-state index >= 15 is 0 Å². The van der Waals surface area contributed by atoms with Crippen molar-refractivity contribution in [2.45, 2.75) is 37.6 Å². The van der Waals surface area contributed by atoms with Crippen LogP contribution in [0.25, 0.3) is 0 Å². The van der Waals surface area contributed by atoms with Gasteiger partial charge in [0.05, 0.1) is 36.5 Å². The third kappa shape index (κ3) is 5.18. The minimum absolute atomic E-state index is 0.0336. The van der Waals surface area contributed by atoms with Gasteiger partial charge in [-0.15, -0.1) is 0 Å². The van der Waals surface area contributed by atoms with Gasteiger partial charge in [0.1, 0.15) is 0 Å². The van der Waals surface area contributed by atoms with Crippen molar-refractivity contribution >= 4 is 35.0 Å². The largest absolute Gasteiger partial charge is 0.481 e. The molecule has 1 amide bonds. The van der Waals surface area contributed by atoms with Gasteiger partial charge in [-0.25, -0.2) is 4.79 Å². The number of carboxylic acids is 1. The summed E-state index contributed by atoms with van der Waals surface area (Å²) >= 11 is 0. The number of carbonyl (C=O) groups is 4. The average molecular weight is 525 g/mol. The Balaban J connectivity index is 1.68. The van der Waals surface area contributed by atoms with Crippen molar-refractivity contribution in [3.63, 3.8) is 0 Å². The number of Topliss-reactive ketones (excluding diaryl/α,β-unsaturated/α-hetero) is 1. The summed E-state index contributed by atoms with van der Waals surface area (Å²) in [5.41, 5.74) is 4.42. The molecular formula is C31H28N2O6. The van der Waals surface area contributed by atoms with Gasteiger partial charge >= 0.3 is 11.9 Å². The summed E-state index contributed by atoms with van der Waals surface area (Å²) in [7, 11) is 1.30. The Kier molecular flexibility index (Phi) is 7.27. The fourth-order valence-electron chi connectivity index (χ4n) is 5.40. The topological polar surface area (TPSA) is 113 Å². The number of methoxy groups -OCH3 is 1. The highest BCUT2D eigenvalue weighted by Gasteiger charge is 2.41. The molecule has 1 aliphatic heterocycles. The highest BCUT2D eigenvalue weighted by molar-refractivity contribution is 6.06. The number of carbonyl (C=O) groups excluding carboxylic acids is 3. The number of ketones is 1. The first-order valence-corrected chi connectivity index (χ1v) is 12.8. The zero-order chi connectivity index (χ0) is 27.5. The summed E-state index contributed by atoms with van der Waals surface area (Å²) in [5.74, 6) is -2.12. The molecule has 8 heteroatoms. The number of nitrogens with zero attached hydrogens (tertiary/aromatic N) is 1. The summed E-state index contributed by atoms with van der Waals surface area (Å²) < 4.78 is 4.83. The zero-order valence-electron chi connectivity index (χ0n) is 21.4. The van der Waals surface area contributed by atoms with Gasteiger partial charge in [-0.05, 0) is 47.7 Å². The normalized spacial score (nSPS) is 18.4. The number of esters is 1. The van der Waals surface area contributed by atoms with Crippen LogP contribution in [0.15, 0.2) is 90.1 Å². The average Bonchev–Trinajstić information content (AvgIpc) is 3.10. The Hall–Kier alpha value is -4.72. The van der Waals surface area contributed by atoms with Crippen molar-refractivity contribution in [3.05, 3.63) is 107 Å². The van der Waals surface area contributed by atoms with Crippen LogP contribution in [0.1, 0.15) is 59.1 Å². The predicted octanol–water partition coefficient (Wildman–Crippen LogP) is 5.24. The van der Waals surface area contributed by atoms with Crippen LogP contribution in [-0.2, 0) is 19.1 Å². The van der Waals surface area contributed by atoms with E-state index in [1.165, 1.54) is 12.0 Å². The second-order valence-corrected chi connectivity index (χ2v) is 9.65. The van der Waals surface area contributed by atoms with Gasteiger partial charge in [0.2, 0.25) is 5.91 Å². The van der Waals surface area contributed by atoms with Crippen molar-refractivity contribution in [3.8, 4) is 0 Å². The molecule has 0 bridgehead atoms. The highest BCUT2D eigenvalue weighted by atomic mass is 16.5. The number of hydrogen-bond donors (Lipinski definition) is 2. The third-order valence-corrected chi connectivity index (χ3v) is 7.23. The Morgan fingerprint density at radius 3 is 2.28 bits per heavy atom. The van der Waals surface area contributed by atoms with Gasteiger partial charge < -0.3 is 15.2 Å². The number of rotatable bonds is 6. The number of hydrogen-bond acceptors (Lipinski definition) is 6. The van der Waals surface area contributed by atoms with Crippen LogP contribution in [0.2, 0.25) is 0 Å². The molecule has 39 heavy (non-hydrogen) atoms. The lowest BCUT2D eigenvalue weighted by Gasteiger charge is -2.35. The SMILES string of the molecule is COC(=O)c1ccc([C@H]2C3=C(C[C@H](c4ccccc4)CC3=O)Nc3ccccc3N2C(=O)CCC(=O)O)cc1. The molecule has 2 aliphatic rings. The van der Waals surface area contributed by atoms with Gasteiger partial charge in [-0.2, -0.15) is 0 Å². The lowest BCUT2D eigenvalue weighted by molar-refractivity contribution is -0.138. The molecule has 0 fully saturated rings. The number of aliphatic carboxylic acids is 1. The standard InChI is InChI=1S/C31H28N2O6/c1-39-31(38)21-13-11-20(12-14-21)30-29-24(17-22(18-26(29)34)19-7-3-2-4-8-19)32-23-9-5-6-10-25(23)33(30)27(35)15-16-28(36)37/h2-14,22,30,32H,15-18H2,1H3,(H,36,37)/t22-,30-/m0/s1. The second-order valence-electron chi connectivity index (χ2n) is 9.65. The van der Waals surface area contributed by atoms with E-state index in [4.69, 9.17) is 4.74 Å². The summed E-state index contributed by atoms with van der Waals surface area (Å²) in [4.78, 5) is 52.6. The number of benzene rings is 3.